The molecule has 2 aliphatic heterocycles. The van der Waals surface area contributed by atoms with E-state index in [2.05, 4.69) is 41.0 Å². The molecule has 0 N–H and O–H groups in total. The van der Waals surface area contributed by atoms with Crippen LogP contribution < -0.4 is 0 Å². The van der Waals surface area contributed by atoms with Crippen molar-refractivity contribution in [3.05, 3.63) is 71.8 Å². The monoisotopic (exact) mass is 404 g/mol. The van der Waals surface area contributed by atoms with Crippen molar-refractivity contribution in [2.75, 3.05) is 6.54 Å². The third kappa shape index (κ3) is 3.76. The molecule has 2 aromatic rings. The Labute approximate surface area is 179 Å². The van der Waals surface area contributed by atoms with Crippen LogP contribution in [0.25, 0.3) is 0 Å². The van der Waals surface area contributed by atoms with Crippen LogP contribution in [0.4, 0.5) is 0 Å². The molecule has 2 saturated heterocycles. The van der Waals surface area contributed by atoms with Crippen LogP contribution >= 0.6 is 0 Å². The van der Waals surface area contributed by atoms with E-state index in [9.17, 15) is 9.59 Å². The van der Waals surface area contributed by atoms with Crippen molar-refractivity contribution < 1.29 is 9.59 Å². The van der Waals surface area contributed by atoms with Gasteiger partial charge in [0.1, 0.15) is 0 Å². The van der Waals surface area contributed by atoms with Crippen LogP contribution in [-0.2, 0) is 11.2 Å². The van der Waals surface area contributed by atoms with Crippen LogP contribution in [0.5, 0.6) is 0 Å². The molecule has 4 nitrogen and oxygen atoms in total. The second-order valence-electron chi connectivity index (χ2n) is 9.37. The zero-order valence-electron chi connectivity index (χ0n) is 18.3. The smallest absolute Gasteiger partial charge is 0.254 e. The van der Waals surface area contributed by atoms with E-state index >= 15 is 0 Å². The lowest BCUT2D eigenvalue weighted by atomic mass is 9.87. The van der Waals surface area contributed by atoms with Gasteiger partial charge in [0.05, 0.1) is 12.1 Å². The molecule has 4 rings (SSSR count). The van der Waals surface area contributed by atoms with E-state index < -0.39 is 0 Å². The molecule has 0 spiro atoms. The Balaban J connectivity index is 1.73. The van der Waals surface area contributed by atoms with Crippen LogP contribution in [0.2, 0.25) is 0 Å². The average molecular weight is 405 g/mol. The Morgan fingerprint density at radius 1 is 1.00 bits per heavy atom. The first-order chi connectivity index (χ1) is 14.4. The number of amides is 2. The predicted molar refractivity (Wildman–Crippen MR) is 119 cm³/mol. The summed E-state index contributed by atoms with van der Waals surface area (Å²) >= 11 is 0. The first-order valence-electron chi connectivity index (χ1n) is 11.1. The van der Waals surface area contributed by atoms with E-state index in [0.29, 0.717) is 0 Å². The summed E-state index contributed by atoms with van der Waals surface area (Å²) in [5, 5.41) is 0. The van der Waals surface area contributed by atoms with E-state index in [0.717, 1.165) is 37.8 Å². The van der Waals surface area contributed by atoms with Crippen LogP contribution in [0.15, 0.2) is 60.7 Å². The van der Waals surface area contributed by atoms with Gasteiger partial charge in [-0.2, -0.15) is 0 Å². The lowest BCUT2D eigenvalue weighted by molar-refractivity contribution is -0.138. The summed E-state index contributed by atoms with van der Waals surface area (Å²) in [6.45, 7) is 6.94. The Morgan fingerprint density at radius 3 is 2.27 bits per heavy atom. The van der Waals surface area contributed by atoms with Crippen molar-refractivity contribution in [1.82, 2.24) is 9.80 Å². The molecule has 4 heteroatoms. The number of piperidine rings is 1. The van der Waals surface area contributed by atoms with Crippen molar-refractivity contribution in [3.8, 4) is 0 Å². The Hall–Kier alpha value is -2.62. The quantitative estimate of drug-likeness (QED) is 0.750. The lowest BCUT2D eigenvalue weighted by Crippen LogP contribution is -2.55. The standard InChI is InChI=1S/C26H32N2O2/c1-19(2)24(29)27-16-10-15-22-23(27)18-26(3,17-20-11-6-4-7-12-20)28(22)25(30)21-13-8-5-9-14-21/h4-9,11-14,19,22-23H,10,15-18H2,1-3H3/t22-,23-,26+/m0/s1. The maximum atomic E-state index is 13.7. The van der Waals surface area contributed by atoms with Crippen molar-refractivity contribution >= 4 is 11.8 Å². The van der Waals surface area contributed by atoms with Gasteiger partial charge in [-0.3, -0.25) is 9.59 Å². The summed E-state index contributed by atoms with van der Waals surface area (Å²) in [6, 6.07) is 20.2. The molecular formula is C26H32N2O2. The van der Waals surface area contributed by atoms with Gasteiger partial charge in [-0.1, -0.05) is 62.4 Å². The van der Waals surface area contributed by atoms with Gasteiger partial charge in [-0.15, -0.1) is 0 Å². The minimum Gasteiger partial charge on any atom is -0.337 e. The number of hydrogen-bond acceptors (Lipinski definition) is 2. The number of rotatable bonds is 4. The molecule has 0 bridgehead atoms. The predicted octanol–water partition coefficient (Wildman–Crippen LogP) is 4.55. The zero-order valence-corrected chi connectivity index (χ0v) is 18.3. The fourth-order valence-corrected chi connectivity index (χ4v) is 5.45. The summed E-state index contributed by atoms with van der Waals surface area (Å²) in [5.41, 5.74) is 1.62. The third-order valence-corrected chi connectivity index (χ3v) is 6.75. The van der Waals surface area contributed by atoms with Crippen LogP contribution in [-0.4, -0.2) is 45.8 Å². The molecule has 0 radical (unpaired) electrons. The minimum absolute atomic E-state index is 0.0250. The fraction of sp³-hybridized carbons (Fsp3) is 0.462. The fourth-order valence-electron chi connectivity index (χ4n) is 5.45. The molecule has 0 aromatic heterocycles. The van der Waals surface area contributed by atoms with Gasteiger partial charge in [0.2, 0.25) is 5.91 Å². The molecule has 2 aromatic carbocycles. The van der Waals surface area contributed by atoms with Crippen LogP contribution in [0.3, 0.4) is 0 Å². The van der Waals surface area contributed by atoms with Crippen LogP contribution in [0, 0.1) is 5.92 Å². The Kier molecular flexibility index (Phi) is 5.68. The number of carbonyl (C=O) groups is 2. The molecule has 2 aliphatic rings. The summed E-state index contributed by atoms with van der Waals surface area (Å²) in [4.78, 5) is 30.9. The summed E-state index contributed by atoms with van der Waals surface area (Å²) in [5.74, 6) is 0.268. The number of benzene rings is 2. The lowest BCUT2D eigenvalue weighted by Gasteiger charge is -2.42. The normalized spacial score (nSPS) is 26.0. The van der Waals surface area contributed by atoms with E-state index in [1.807, 2.05) is 50.2 Å². The molecule has 2 heterocycles. The largest absolute Gasteiger partial charge is 0.337 e. The molecule has 158 valence electrons. The van der Waals surface area contributed by atoms with Crippen LogP contribution in [0.1, 0.15) is 56.0 Å². The van der Waals surface area contributed by atoms with Crippen molar-refractivity contribution in [3.63, 3.8) is 0 Å². The van der Waals surface area contributed by atoms with E-state index in [-0.39, 0.29) is 35.4 Å². The number of fused-ring (bicyclic) bond motifs is 1. The van der Waals surface area contributed by atoms with Gasteiger partial charge in [0.15, 0.2) is 0 Å². The van der Waals surface area contributed by atoms with Gasteiger partial charge in [0.25, 0.3) is 5.91 Å². The number of hydrogen-bond donors (Lipinski definition) is 0. The topological polar surface area (TPSA) is 40.6 Å². The molecule has 30 heavy (non-hydrogen) atoms. The average Bonchev–Trinajstić information content (AvgIpc) is 3.05. The molecule has 0 aliphatic carbocycles. The zero-order chi connectivity index (χ0) is 21.3. The SMILES string of the molecule is CC(C)C(=O)N1CCC[C@H]2[C@@H]1C[C@@](C)(Cc1ccccc1)N2C(=O)c1ccccc1. The highest BCUT2D eigenvalue weighted by atomic mass is 16.2. The maximum absolute atomic E-state index is 13.7. The molecule has 0 unspecified atom stereocenters. The Morgan fingerprint density at radius 2 is 1.63 bits per heavy atom. The van der Waals surface area contributed by atoms with E-state index in [1.54, 1.807) is 0 Å². The Bertz CT molecular complexity index is 896. The van der Waals surface area contributed by atoms with Crippen molar-refractivity contribution in [2.24, 2.45) is 5.92 Å². The second kappa shape index (κ2) is 8.25. The molecule has 2 amide bonds. The van der Waals surface area contributed by atoms with Gasteiger partial charge >= 0.3 is 0 Å². The number of likely N-dealkylation sites (tertiary alicyclic amines) is 2. The molecule has 3 atom stereocenters. The summed E-state index contributed by atoms with van der Waals surface area (Å²) in [6.07, 6.45) is 3.52. The highest BCUT2D eigenvalue weighted by molar-refractivity contribution is 5.95. The van der Waals surface area contributed by atoms with Gasteiger partial charge in [-0.05, 0) is 50.3 Å². The van der Waals surface area contributed by atoms with Gasteiger partial charge < -0.3 is 9.80 Å². The summed E-state index contributed by atoms with van der Waals surface area (Å²) in [7, 11) is 0. The van der Waals surface area contributed by atoms with Gasteiger partial charge in [-0.25, -0.2) is 0 Å². The summed E-state index contributed by atoms with van der Waals surface area (Å²) < 4.78 is 0. The third-order valence-electron chi connectivity index (χ3n) is 6.75. The molecule has 2 fully saturated rings. The number of carbonyl (C=O) groups excluding carboxylic acids is 2. The maximum Gasteiger partial charge on any atom is 0.254 e. The minimum atomic E-state index is -0.330. The van der Waals surface area contributed by atoms with E-state index in [1.165, 1.54) is 5.56 Å². The highest BCUT2D eigenvalue weighted by Gasteiger charge is 2.54. The first-order valence-corrected chi connectivity index (χ1v) is 11.1. The second-order valence-corrected chi connectivity index (χ2v) is 9.37. The number of nitrogens with zero attached hydrogens (tertiary/aromatic N) is 2. The first kappa shape index (κ1) is 20.6. The highest BCUT2D eigenvalue weighted by Crippen LogP contribution is 2.44. The van der Waals surface area contributed by atoms with Crippen molar-refractivity contribution in [2.45, 2.75) is 64.1 Å². The molecule has 0 saturated carbocycles. The molecular weight excluding hydrogens is 372 g/mol. The van der Waals surface area contributed by atoms with Gasteiger partial charge in [0, 0.05) is 23.6 Å². The van der Waals surface area contributed by atoms with Crippen molar-refractivity contribution in [1.29, 1.82) is 0 Å². The van der Waals surface area contributed by atoms with E-state index in [4.69, 9.17) is 0 Å².